The Morgan fingerprint density at radius 3 is 1.47 bits per heavy atom. The highest BCUT2D eigenvalue weighted by molar-refractivity contribution is 6.43. The zero-order valence-electron chi connectivity index (χ0n) is 56.4. The van der Waals surface area contributed by atoms with Crippen LogP contribution < -0.4 is 5.32 Å². The highest BCUT2D eigenvalue weighted by Gasteiger charge is 2.35. The number of amides is 4. The number of carbonyl (C=O) groups is 3. The van der Waals surface area contributed by atoms with E-state index in [1.807, 2.05) is 143 Å². The van der Waals surface area contributed by atoms with E-state index >= 15 is 0 Å². The molecule has 0 aliphatic carbocycles. The van der Waals surface area contributed by atoms with Crippen molar-refractivity contribution in [3.05, 3.63) is 215 Å². The first kappa shape index (κ1) is 71.8. The minimum absolute atomic E-state index is 0. The molecule has 6 fully saturated rings. The Kier molecular flexibility index (Phi) is 25.0. The van der Waals surface area contributed by atoms with Crippen LogP contribution in [0.5, 0.6) is 0 Å². The molecule has 2 atom stereocenters. The van der Waals surface area contributed by atoms with Gasteiger partial charge in [-0.05, 0) is 254 Å². The van der Waals surface area contributed by atoms with E-state index in [4.69, 9.17) is 69.6 Å². The zero-order valence-corrected chi connectivity index (χ0v) is 61.0. The molecule has 518 valence electrons. The topological polar surface area (TPSA) is 108 Å². The molecule has 8 heterocycles. The smallest absolute Gasteiger partial charge is 0.321 e. The molecule has 1 N–H and O–H groups in total. The zero-order chi connectivity index (χ0) is 68.2. The van der Waals surface area contributed by atoms with Crippen LogP contribution in [0, 0.1) is 30.6 Å². The summed E-state index contributed by atoms with van der Waals surface area (Å²) in [5, 5.41) is 8.90. The molecule has 0 radical (unpaired) electrons. The summed E-state index contributed by atoms with van der Waals surface area (Å²) in [4.78, 5) is 61.7. The fourth-order valence-electron chi connectivity index (χ4n) is 15.9. The van der Waals surface area contributed by atoms with Gasteiger partial charge >= 0.3 is 6.03 Å². The van der Waals surface area contributed by atoms with Crippen LogP contribution in [-0.4, -0.2) is 154 Å². The van der Waals surface area contributed by atoms with E-state index in [1.165, 1.54) is 48.8 Å². The molecule has 14 rings (SSSR count). The van der Waals surface area contributed by atoms with Crippen LogP contribution in [0.2, 0.25) is 30.1 Å². The minimum Gasteiger partial charge on any atom is -0.339 e. The maximum atomic E-state index is 13.2. The molecule has 12 nitrogen and oxygen atoms in total. The molecule has 2 aromatic heterocycles. The van der Waals surface area contributed by atoms with Crippen LogP contribution in [0.15, 0.2) is 152 Å². The van der Waals surface area contributed by atoms with Crippen molar-refractivity contribution in [3.8, 4) is 0 Å². The van der Waals surface area contributed by atoms with Crippen LogP contribution in [-0.2, 0) is 19.3 Å². The van der Waals surface area contributed by atoms with Crippen molar-refractivity contribution in [2.24, 2.45) is 23.7 Å². The van der Waals surface area contributed by atoms with Crippen molar-refractivity contribution in [3.63, 3.8) is 0 Å². The number of likely N-dealkylation sites (tertiary alicyclic amines) is 6. The first-order valence-corrected chi connectivity index (χ1v) is 37.7. The molecule has 0 bridgehead atoms. The van der Waals surface area contributed by atoms with Crippen LogP contribution in [0.4, 0.5) is 10.5 Å². The van der Waals surface area contributed by atoms with Gasteiger partial charge in [-0.15, -0.1) is 0 Å². The number of para-hydroxylation sites is 2. The average Bonchev–Trinajstić information content (AvgIpc) is 0.820. The number of rotatable bonds is 12. The van der Waals surface area contributed by atoms with Crippen molar-refractivity contribution in [2.75, 3.05) is 83.9 Å². The van der Waals surface area contributed by atoms with Crippen LogP contribution >= 0.6 is 69.6 Å². The summed E-state index contributed by atoms with van der Waals surface area (Å²) < 4.78 is 0. The summed E-state index contributed by atoms with van der Waals surface area (Å²) in [6.45, 7) is 16.2. The molecule has 4 amide bonds. The summed E-state index contributed by atoms with van der Waals surface area (Å²) in [5.41, 5.74) is 9.03. The van der Waals surface area contributed by atoms with E-state index in [9.17, 15) is 14.4 Å². The number of nitrogens with one attached hydrogen (secondary N) is 1. The minimum atomic E-state index is 0. The quantitative estimate of drug-likeness (QED) is 0.129. The first-order valence-electron chi connectivity index (χ1n) is 35.5. The number of carbonyl (C=O) groups excluding carboxylic acids is 3. The van der Waals surface area contributed by atoms with Gasteiger partial charge in [0.05, 0.1) is 46.7 Å². The maximum Gasteiger partial charge on any atom is 0.321 e. The lowest BCUT2D eigenvalue weighted by molar-refractivity contribution is 0.0436. The predicted octanol–water partition coefficient (Wildman–Crippen LogP) is 18.9. The largest absolute Gasteiger partial charge is 0.339 e. The Balaban J connectivity index is 0.000000149. The average molecular weight is 1440 g/mol. The number of benzene rings is 6. The van der Waals surface area contributed by atoms with Gasteiger partial charge < -0.3 is 29.8 Å². The van der Waals surface area contributed by atoms with Crippen molar-refractivity contribution in [1.29, 1.82) is 0 Å². The predicted molar refractivity (Wildman–Crippen MR) is 406 cm³/mol. The molecule has 18 heteroatoms. The second kappa shape index (κ2) is 34.1. The van der Waals surface area contributed by atoms with Gasteiger partial charge in [0.25, 0.3) is 11.8 Å². The lowest BCUT2D eigenvalue weighted by atomic mass is 9.81. The lowest BCUT2D eigenvalue weighted by Gasteiger charge is -2.44. The second-order valence-corrected chi connectivity index (χ2v) is 30.6. The van der Waals surface area contributed by atoms with E-state index in [0.29, 0.717) is 71.9 Å². The second-order valence-electron chi connectivity index (χ2n) is 28.1. The van der Waals surface area contributed by atoms with Crippen LogP contribution in [0.1, 0.15) is 122 Å². The summed E-state index contributed by atoms with van der Waals surface area (Å²) >= 11 is 36.7. The summed E-state index contributed by atoms with van der Waals surface area (Å²) in [5.74, 6) is 2.94. The number of anilines is 1. The Bertz CT molecular complexity index is 4030. The van der Waals surface area contributed by atoms with Gasteiger partial charge in [-0.3, -0.25) is 24.5 Å². The SMILES string of the molecule is C[C@@H]1CN(C2CCN(C(=O)c3ccc4ncccc4c3)CC2)CC[C@@H]1Cc1ccc(Cl)c(Cl)c1.Cc1ccccc1NC(=O)N1CCC(N2CCC(Cc3ccc(Cl)c(Cl)c3)CC2)CC1.O=C(c1cccc2cccnc12)N1CCC(N2CCC(Cc3ccc(Cl)c(Cl)c3)CC2)CC1.[HH]. The molecule has 98 heavy (non-hydrogen) atoms. The molecule has 8 aromatic rings. The number of halogens is 6. The van der Waals surface area contributed by atoms with E-state index < -0.39 is 0 Å². The van der Waals surface area contributed by atoms with E-state index in [2.05, 4.69) is 55.1 Å². The van der Waals surface area contributed by atoms with Gasteiger partial charge in [-0.1, -0.05) is 137 Å². The van der Waals surface area contributed by atoms with Crippen LogP contribution in [0.3, 0.4) is 0 Å². The number of piperidine rings is 6. The van der Waals surface area contributed by atoms with Gasteiger partial charge in [0.15, 0.2) is 0 Å². The van der Waals surface area contributed by atoms with E-state index in [1.54, 1.807) is 12.4 Å². The molecule has 6 saturated heterocycles. The van der Waals surface area contributed by atoms with Gasteiger partial charge in [0.2, 0.25) is 0 Å². The molecule has 0 unspecified atom stereocenters. The maximum absolute atomic E-state index is 13.2. The number of nitrogens with zero attached hydrogens (tertiary/aromatic N) is 8. The number of hydrogen-bond acceptors (Lipinski definition) is 8. The van der Waals surface area contributed by atoms with Crippen molar-refractivity contribution in [2.45, 2.75) is 122 Å². The Morgan fingerprint density at radius 2 is 0.929 bits per heavy atom. The fourth-order valence-corrected chi connectivity index (χ4v) is 16.9. The van der Waals surface area contributed by atoms with Gasteiger partial charge in [-0.2, -0.15) is 0 Å². The van der Waals surface area contributed by atoms with Gasteiger partial charge in [-0.25, -0.2) is 4.79 Å². The number of pyridine rings is 2. The molecule has 6 aromatic carbocycles. The summed E-state index contributed by atoms with van der Waals surface area (Å²) in [6.07, 6.45) is 19.1. The van der Waals surface area contributed by atoms with Crippen molar-refractivity contribution in [1.82, 2.24) is 39.4 Å². The van der Waals surface area contributed by atoms with Gasteiger partial charge in [0, 0.05) is 99.8 Å². The number of urea groups is 1. The highest BCUT2D eigenvalue weighted by atomic mass is 35.5. The fraction of sp³-hybridized carbons (Fsp3) is 0.438. The third kappa shape index (κ3) is 18.5. The van der Waals surface area contributed by atoms with Crippen molar-refractivity contribution < 1.29 is 15.8 Å². The lowest BCUT2D eigenvalue weighted by Crippen LogP contribution is -2.51. The molecular formula is C80H93Cl6N9O3. The monoisotopic (exact) mass is 1440 g/mol. The number of hydrogen-bond donors (Lipinski definition) is 1. The number of fused-ring (bicyclic) bond motifs is 2. The third-order valence-corrected chi connectivity index (χ3v) is 24.0. The molecule has 0 spiro atoms. The summed E-state index contributed by atoms with van der Waals surface area (Å²) in [7, 11) is 0. The highest BCUT2D eigenvalue weighted by Crippen LogP contribution is 2.35. The number of aryl methyl sites for hydroxylation is 1. The number of aromatic nitrogens is 2. The van der Waals surface area contributed by atoms with Crippen LogP contribution in [0.25, 0.3) is 21.8 Å². The normalized spacial score (nSPS) is 20.0. The molecular weight excluding hydrogens is 1350 g/mol. The molecule has 6 aliphatic rings. The molecule has 6 aliphatic heterocycles. The van der Waals surface area contributed by atoms with E-state index in [0.717, 1.165) is 181 Å². The molecule has 0 saturated carbocycles. The Morgan fingerprint density at radius 1 is 0.449 bits per heavy atom. The van der Waals surface area contributed by atoms with Crippen molar-refractivity contribution >= 4 is 115 Å². The van der Waals surface area contributed by atoms with E-state index in [-0.39, 0.29) is 19.3 Å². The third-order valence-electron chi connectivity index (χ3n) is 21.8. The Labute approximate surface area is 610 Å². The van der Waals surface area contributed by atoms with Gasteiger partial charge in [0.1, 0.15) is 0 Å². The Hall–Kier alpha value is -6.03. The standard InChI is InChI=1S/C28H31Cl2N3O.C27H29Cl2N3O.C25H31Cl2N3O.H2/c1-19-18-33(12-8-21(19)15-20-4-6-25(29)26(30)16-20)24-9-13-32(14-10-24)28(34)23-5-7-27-22(17-23)3-2-11-31-27;28-24-7-6-20(18-25(24)29)17-19-8-13-31(14-9-19)22-10-15-32(16-11-22)27(33)23-5-1-3-21-4-2-12-30-26(21)23;1-18-4-2-3-5-24(18)28-25(31)30-14-10-21(11-15-30)29-12-8-19(9-13-29)16-20-6-7-22(26)23(27)17-20;/h2-7,11,16-17,19,21,24H,8-10,12-15,18H2,1H3;1-7,12,18-19,22H,8-11,13-17H2;2-7,17,19,21H,8-16H2,1H3,(H,28,31);1H/t19-,21-;;;/m1.../s1. The first-order chi connectivity index (χ1) is 47.5. The summed E-state index contributed by atoms with van der Waals surface area (Å²) in [6, 6.07) is 47.3.